The minimum atomic E-state index is -0.424. The summed E-state index contributed by atoms with van der Waals surface area (Å²) in [5.74, 6) is 1.05. The van der Waals surface area contributed by atoms with Crippen molar-refractivity contribution in [2.45, 2.75) is 61.8 Å². The molecule has 0 aliphatic heterocycles. The number of carbonyl (C=O) groups excluding carboxylic acids is 1. The van der Waals surface area contributed by atoms with Gasteiger partial charge in [-0.2, -0.15) is 11.8 Å². The Balaban J connectivity index is 1.88. The number of hydrogen-bond acceptors (Lipinski definition) is 5. The van der Waals surface area contributed by atoms with Gasteiger partial charge >= 0.3 is 5.97 Å². The Bertz CT molecular complexity index is 322. The summed E-state index contributed by atoms with van der Waals surface area (Å²) >= 11 is 1.99. The summed E-state index contributed by atoms with van der Waals surface area (Å²) < 4.78 is 10.2. The van der Waals surface area contributed by atoms with Crippen molar-refractivity contribution in [3.63, 3.8) is 0 Å². The molecule has 0 aromatic carbocycles. The van der Waals surface area contributed by atoms with E-state index in [1.54, 1.807) is 7.11 Å². The first-order valence-electron chi connectivity index (χ1n) is 7.67. The van der Waals surface area contributed by atoms with Crippen molar-refractivity contribution in [2.24, 2.45) is 0 Å². The van der Waals surface area contributed by atoms with Crippen molar-refractivity contribution in [3.8, 4) is 0 Å². The third-order valence-corrected chi connectivity index (χ3v) is 5.58. The number of ether oxygens (including phenoxy) is 2. The van der Waals surface area contributed by atoms with E-state index in [0.29, 0.717) is 11.3 Å². The van der Waals surface area contributed by atoms with Crippen molar-refractivity contribution in [2.75, 3.05) is 26.6 Å². The highest BCUT2D eigenvalue weighted by Gasteiger charge is 2.46. The van der Waals surface area contributed by atoms with Crippen LogP contribution in [0.4, 0.5) is 0 Å². The van der Waals surface area contributed by atoms with Crippen LogP contribution in [-0.2, 0) is 14.3 Å². The van der Waals surface area contributed by atoms with Gasteiger partial charge in [0.25, 0.3) is 0 Å². The maximum atomic E-state index is 12.3. The molecule has 0 aromatic rings. The summed E-state index contributed by atoms with van der Waals surface area (Å²) in [7, 11) is 3.25. The Hall–Kier alpha value is -0.260. The van der Waals surface area contributed by atoms with E-state index in [1.807, 2.05) is 11.8 Å². The van der Waals surface area contributed by atoms with Crippen LogP contribution >= 0.6 is 11.8 Å². The van der Waals surface area contributed by atoms with Gasteiger partial charge < -0.3 is 9.47 Å². The van der Waals surface area contributed by atoms with E-state index < -0.39 is 5.54 Å². The topological polar surface area (TPSA) is 47.6 Å². The molecule has 0 aromatic heterocycles. The number of rotatable bonds is 8. The Morgan fingerprint density at radius 3 is 2.80 bits per heavy atom. The van der Waals surface area contributed by atoms with Crippen LogP contribution in [0.15, 0.2) is 0 Å². The van der Waals surface area contributed by atoms with E-state index in [0.717, 1.165) is 38.0 Å². The smallest absolute Gasteiger partial charge is 0.326 e. The molecule has 0 amide bonds. The van der Waals surface area contributed by atoms with Gasteiger partial charge in [-0.3, -0.25) is 10.1 Å². The van der Waals surface area contributed by atoms with Gasteiger partial charge in [0, 0.05) is 25.0 Å². The number of thioether (sulfide) groups is 1. The molecule has 0 spiro atoms. The molecule has 0 radical (unpaired) electrons. The molecule has 1 N–H and O–H groups in total. The van der Waals surface area contributed by atoms with Gasteiger partial charge in [-0.1, -0.05) is 0 Å². The molecule has 2 atom stereocenters. The summed E-state index contributed by atoms with van der Waals surface area (Å²) in [4.78, 5) is 12.3. The molecule has 2 aliphatic rings. The lowest BCUT2D eigenvalue weighted by atomic mass is 9.81. The van der Waals surface area contributed by atoms with Crippen molar-refractivity contribution >= 4 is 17.7 Å². The standard InChI is InChI=1S/C15H27NO3S/c1-18-9-4-10-20-13-5-3-8-15(11-13,14(17)19-2)16-12-6-7-12/h12-13,16H,3-11H2,1-2H3. The highest BCUT2D eigenvalue weighted by molar-refractivity contribution is 7.99. The molecule has 2 unspecified atom stereocenters. The van der Waals surface area contributed by atoms with E-state index in [1.165, 1.54) is 26.4 Å². The van der Waals surface area contributed by atoms with Crippen LogP contribution in [0.3, 0.4) is 0 Å². The van der Waals surface area contributed by atoms with E-state index >= 15 is 0 Å². The normalized spacial score (nSPS) is 30.2. The summed E-state index contributed by atoms with van der Waals surface area (Å²) in [5, 5.41) is 4.14. The zero-order valence-corrected chi connectivity index (χ0v) is 13.5. The number of carbonyl (C=O) groups is 1. The Labute approximate surface area is 126 Å². The van der Waals surface area contributed by atoms with Gasteiger partial charge in [-0.05, 0) is 50.7 Å². The maximum Gasteiger partial charge on any atom is 0.326 e. The average Bonchev–Trinajstić information content (AvgIpc) is 3.27. The van der Waals surface area contributed by atoms with Crippen LogP contribution in [0.25, 0.3) is 0 Å². The molecule has 2 rings (SSSR count). The Kier molecular flexibility index (Phi) is 6.18. The molecule has 116 valence electrons. The summed E-state index contributed by atoms with van der Waals surface area (Å²) in [6.07, 6.45) is 7.63. The number of methoxy groups -OCH3 is 2. The molecule has 5 heteroatoms. The first-order valence-corrected chi connectivity index (χ1v) is 8.72. The zero-order chi connectivity index (χ0) is 14.4. The fourth-order valence-corrected chi connectivity index (χ4v) is 4.36. The predicted molar refractivity (Wildman–Crippen MR) is 82.1 cm³/mol. The predicted octanol–water partition coefficient (Wildman–Crippen LogP) is 2.36. The van der Waals surface area contributed by atoms with Crippen LogP contribution in [0.2, 0.25) is 0 Å². The molecule has 2 fully saturated rings. The minimum absolute atomic E-state index is 0.0633. The van der Waals surface area contributed by atoms with Crippen molar-refractivity contribution in [1.82, 2.24) is 5.32 Å². The van der Waals surface area contributed by atoms with Crippen LogP contribution in [0, 0.1) is 0 Å². The molecule has 0 bridgehead atoms. The van der Waals surface area contributed by atoms with E-state index in [-0.39, 0.29) is 5.97 Å². The first kappa shape index (κ1) is 16.1. The van der Waals surface area contributed by atoms with E-state index in [4.69, 9.17) is 9.47 Å². The lowest BCUT2D eigenvalue weighted by molar-refractivity contribution is -0.150. The highest BCUT2D eigenvalue weighted by Crippen LogP contribution is 2.38. The van der Waals surface area contributed by atoms with Crippen LogP contribution in [0.5, 0.6) is 0 Å². The van der Waals surface area contributed by atoms with Crippen molar-refractivity contribution in [3.05, 3.63) is 0 Å². The van der Waals surface area contributed by atoms with E-state index in [9.17, 15) is 4.79 Å². The minimum Gasteiger partial charge on any atom is -0.468 e. The van der Waals surface area contributed by atoms with Crippen LogP contribution in [0.1, 0.15) is 44.9 Å². The second-order valence-corrected chi connectivity index (χ2v) is 7.34. The second kappa shape index (κ2) is 7.66. The van der Waals surface area contributed by atoms with Crippen molar-refractivity contribution in [1.29, 1.82) is 0 Å². The SMILES string of the molecule is COCCCSC1CCCC(NC2CC2)(C(=O)OC)C1. The van der Waals surface area contributed by atoms with Crippen LogP contribution < -0.4 is 5.32 Å². The monoisotopic (exact) mass is 301 g/mol. The third-order valence-electron chi connectivity index (χ3n) is 4.19. The molecular weight excluding hydrogens is 274 g/mol. The zero-order valence-electron chi connectivity index (χ0n) is 12.7. The lowest BCUT2D eigenvalue weighted by Crippen LogP contribution is -2.56. The van der Waals surface area contributed by atoms with Gasteiger partial charge in [0.15, 0.2) is 0 Å². The first-order chi connectivity index (χ1) is 9.70. The molecule has 2 aliphatic carbocycles. The Morgan fingerprint density at radius 2 is 2.15 bits per heavy atom. The number of nitrogens with one attached hydrogen (secondary N) is 1. The lowest BCUT2D eigenvalue weighted by Gasteiger charge is -2.39. The molecular formula is C15H27NO3S. The molecule has 4 nitrogen and oxygen atoms in total. The molecule has 20 heavy (non-hydrogen) atoms. The Morgan fingerprint density at radius 1 is 1.35 bits per heavy atom. The highest BCUT2D eigenvalue weighted by atomic mass is 32.2. The molecule has 0 saturated heterocycles. The fourth-order valence-electron chi connectivity index (χ4n) is 3.01. The van der Waals surface area contributed by atoms with Gasteiger partial charge in [-0.25, -0.2) is 0 Å². The summed E-state index contributed by atoms with van der Waals surface area (Å²) in [6, 6.07) is 0.534. The number of hydrogen-bond donors (Lipinski definition) is 1. The third kappa shape index (κ3) is 4.37. The van der Waals surface area contributed by atoms with Crippen molar-refractivity contribution < 1.29 is 14.3 Å². The molecule has 2 saturated carbocycles. The van der Waals surface area contributed by atoms with Crippen LogP contribution in [-0.4, -0.2) is 49.4 Å². The van der Waals surface area contributed by atoms with Gasteiger partial charge in [0.2, 0.25) is 0 Å². The quantitative estimate of drug-likeness (QED) is 0.551. The maximum absolute atomic E-state index is 12.3. The summed E-state index contributed by atoms with van der Waals surface area (Å²) in [5.41, 5.74) is -0.424. The number of esters is 1. The average molecular weight is 301 g/mol. The molecule has 0 heterocycles. The van der Waals surface area contributed by atoms with Gasteiger partial charge in [0.1, 0.15) is 5.54 Å². The van der Waals surface area contributed by atoms with E-state index in [2.05, 4.69) is 5.32 Å². The van der Waals surface area contributed by atoms with Gasteiger partial charge in [-0.15, -0.1) is 0 Å². The largest absolute Gasteiger partial charge is 0.468 e. The van der Waals surface area contributed by atoms with Gasteiger partial charge in [0.05, 0.1) is 7.11 Å². The summed E-state index contributed by atoms with van der Waals surface area (Å²) in [6.45, 7) is 0.822. The fraction of sp³-hybridized carbons (Fsp3) is 0.933. The second-order valence-electron chi connectivity index (χ2n) is 5.93.